The van der Waals surface area contributed by atoms with E-state index < -0.39 is 0 Å². The highest BCUT2D eigenvalue weighted by Gasteiger charge is 2.04. The summed E-state index contributed by atoms with van der Waals surface area (Å²) in [5, 5.41) is 6.06. The van der Waals surface area contributed by atoms with E-state index in [1.165, 1.54) is 5.56 Å². The van der Waals surface area contributed by atoms with E-state index in [4.69, 9.17) is 11.6 Å². The molecule has 0 aromatic heterocycles. The van der Waals surface area contributed by atoms with Crippen molar-refractivity contribution in [1.82, 2.24) is 10.2 Å². The zero-order chi connectivity index (χ0) is 15.9. The summed E-state index contributed by atoms with van der Waals surface area (Å²) in [6, 6.07) is 15.1. The zero-order valence-electron chi connectivity index (χ0n) is 12.8. The van der Waals surface area contributed by atoms with Crippen molar-refractivity contribution in [3.8, 4) is 0 Å². The number of amides is 2. The standard InChI is InChI=1S/C17H20ClN3O/c1-21(2)12-14-9-7-13(8-10-14)11-19-17(22)20-16-6-4-3-5-15(16)18/h3-10H,11-12H2,1-2H3,(H2,19,20,22). The van der Waals surface area contributed by atoms with Crippen LogP contribution >= 0.6 is 11.6 Å². The first-order valence-electron chi connectivity index (χ1n) is 7.06. The second kappa shape index (κ2) is 7.82. The Labute approximate surface area is 136 Å². The molecule has 0 aliphatic rings. The van der Waals surface area contributed by atoms with Crippen molar-refractivity contribution in [3.63, 3.8) is 0 Å². The van der Waals surface area contributed by atoms with Crippen LogP contribution in [-0.2, 0) is 13.1 Å². The molecule has 0 unspecified atom stereocenters. The van der Waals surface area contributed by atoms with E-state index >= 15 is 0 Å². The van der Waals surface area contributed by atoms with Crippen molar-refractivity contribution < 1.29 is 4.79 Å². The third-order valence-corrected chi connectivity index (χ3v) is 3.43. The Morgan fingerprint density at radius 3 is 2.32 bits per heavy atom. The Hall–Kier alpha value is -2.04. The van der Waals surface area contributed by atoms with Crippen molar-refractivity contribution in [3.05, 3.63) is 64.7 Å². The van der Waals surface area contributed by atoms with E-state index in [0.717, 1.165) is 12.1 Å². The van der Waals surface area contributed by atoms with Crippen LogP contribution in [0.1, 0.15) is 11.1 Å². The average Bonchev–Trinajstić information content (AvgIpc) is 2.48. The van der Waals surface area contributed by atoms with Crippen LogP contribution in [0.15, 0.2) is 48.5 Å². The van der Waals surface area contributed by atoms with E-state index in [1.807, 2.05) is 38.4 Å². The fourth-order valence-electron chi connectivity index (χ4n) is 2.04. The molecule has 0 saturated carbocycles. The number of nitrogens with zero attached hydrogens (tertiary/aromatic N) is 1. The number of hydrogen-bond acceptors (Lipinski definition) is 2. The molecule has 0 fully saturated rings. The minimum atomic E-state index is -0.273. The molecule has 0 heterocycles. The molecule has 0 radical (unpaired) electrons. The van der Waals surface area contributed by atoms with Crippen LogP contribution in [0.5, 0.6) is 0 Å². The van der Waals surface area contributed by atoms with E-state index in [9.17, 15) is 4.79 Å². The number of para-hydroxylation sites is 1. The van der Waals surface area contributed by atoms with Crippen LogP contribution in [0.3, 0.4) is 0 Å². The summed E-state index contributed by atoms with van der Waals surface area (Å²) in [5.74, 6) is 0. The second-order valence-electron chi connectivity index (χ2n) is 5.34. The second-order valence-corrected chi connectivity index (χ2v) is 5.75. The summed E-state index contributed by atoms with van der Waals surface area (Å²) in [7, 11) is 4.07. The maximum atomic E-state index is 11.9. The SMILES string of the molecule is CN(C)Cc1ccc(CNC(=O)Nc2ccccc2Cl)cc1. The summed E-state index contributed by atoms with van der Waals surface area (Å²) in [6.45, 7) is 1.37. The lowest BCUT2D eigenvalue weighted by molar-refractivity contribution is 0.251. The number of carbonyl (C=O) groups excluding carboxylic acids is 1. The van der Waals surface area contributed by atoms with Crippen molar-refractivity contribution in [2.45, 2.75) is 13.1 Å². The molecule has 2 amide bonds. The van der Waals surface area contributed by atoms with Gasteiger partial charge in [-0.2, -0.15) is 0 Å². The van der Waals surface area contributed by atoms with Gasteiger partial charge >= 0.3 is 6.03 Å². The predicted octanol–water partition coefficient (Wildman–Crippen LogP) is 3.72. The summed E-state index contributed by atoms with van der Waals surface area (Å²) in [6.07, 6.45) is 0. The maximum absolute atomic E-state index is 11.9. The Kier molecular flexibility index (Phi) is 5.81. The molecule has 0 atom stereocenters. The molecule has 0 aliphatic carbocycles. The molecule has 5 heteroatoms. The zero-order valence-corrected chi connectivity index (χ0v) is 13.5. The highest BCUT2D eigenvalue weighted by molar-refractivity contribution is 6.33. The molecule has 2 rings (SSSR count). The van der Waals surface area contributed by atoms with Crippen LogP contribution in [0.4, 0.5) is 10.5 Å². The molecule has 0 saturated heterocycles. The van der Waals surface area contributed by atoms with Gasteiger partial charge in [-0.3, -0.25) is 0 Å². The van der Waals surface area contributed by atoms with Crippen LogP contribution in [0.2, 0.25) is 5.02 Å². The molecule has 0 bridgehead atoms. The molecule has 116 valence electrons. The van der Waals surface area contributed by atoms with Crippen molar-refractivity contribution in [2.24, 2.45) is 0 Å². The number of urea groups is 1. The van der Waals surface area contributed by atoms with Crippen LogP contribution in [0.25, 0.3) is 0 Å². The summed E-state index contributed by atoms with van der Waals surface area (Å²) in [4.78, 5) is 14.0. The fraction of sp³-hybridized carbons (Fsp3) is 0.235. The molecule has 0 aliphatic heterocycles. The van der Waals surface area contributed by atoms with Crippen LogP contribution in [-0.4, -0.2) is 25.0 Å². The van der Waals surface area contributed by atoms with Crippen LogP contribution < -0.4 is 10.6 Å². The van der Waals surface area contributed by atoms with Gasteiger partial charge < -0.3 is 15.5 Å². The van der Waals surface area contributed by atoms with Crippen molar-refractivity contribution in [1.29, 1.82) is 0 Å². The maximum Gasteiger partial charge on any atom is 0.319 e. The number of rotatable bonds is 5. The molecule has 2 aromatic rings. The van der Waals surface area contributed by atoms with Gasteiger partial charge in [0.05, 0.1) is 10.7 Å². The summed E-state index contributed by atoms with van der Waals surface area (Å²) < 4.78 is 0. The van der Waals surface area contributed by atoms with E-state index in [-0.39, 0.29) is 6.03 Å². The molecule has 2 N–H and O–H groups in total. The van der Waals surface area contributed by atoms with Crippen molar-refractivity contribution >= 4 is 23.3 Å². The first kappa shape index (κ1) is 16.3. The lowest BCUT2D eigenvalue weighted by Crippen LogP contribution is -2.28. The molecule has 22 heavy (non-hydrogen) atoms. The number of halogens is 1. The number of carbonyl (C=O) groups is 1. The third kappa shape index (κ3) is 5.06. The van der Waals surface area contributed by atoms with Gasteiger partial charge in [0.1, 0.15) is 0 Å². The van der Waals surface area contributed by atoms with Gasteiger partial charge in [0.25, 0.3) is 0 Å². The topological polar surface area (TPSA) is 44.4 Å². The Morgan fingerprint density at radius 1 is 1.05 bits per heavy atom. The average molecular weight is 318 g/mol. The quantitative estimate of drug-likeness (QED) is 0.882. The van der Waals surface area contributed by atoms with E-state index in [2.05, 4.69) is 27.7 Å². The summed E-state index contributed by atoms with van der Waals surface area (Å²) >= 11 is 6.00. The number of anilines is 1. The Bertz CT molecular complexity index is 626. The smallest absolute Gasteiger partial charge is 0.319 e. The van der Waals surface area contributed by atoms with Gasteiger partial charge in [0.2, 0.25) is 0 Å². The first-order chi connectivity index (χ1) is 10.5. The van der Waals surface area contributed by atoms with Gasteiger partial charge in [0.15, 0.2) is 0 Å². The Morgan fingerprint density at radius 2 is 1.68 bits per heavy atom. The van der Waals surface area contributed by atoms with Gasteiger partial charge in [0, 0.05) is 13.1 Å². The van der Waals surface area contributed by atoms with Crippen molar-refractivity contribution in [2.75, 3.05) is 19.4 Å². The molecular weight excluding hydrogens is 298 g/mol. The first-order valence-corrected chi connectivity index (χ1v) is 7.44. The lowest BCUT2D eigenvalue weighted by Gasteiger charge is -2.11. The highest BCUT2D eigenvalue weighted by Crippen LogP contribution is 2.20. The number of benzene rings is 2. The van der Waals surface area contributed by atoms with E-state index in [0.29, 0.717) is 17.3 Å². The monoisotopic (exact) mass is 317 g/mol. The highest BCUT2D eigenvalue weighted by atomic mass is 35.5. The van der Waals surface area contributed by atoms with Gasteiger partial charge in [-0.1, -0.05) is 48.0 Å². The molecule has 0 spiro atoms. The summed E-state index contributed by atoms with van der Waals surface area (Å²) in [5.41, 5.74) is 2.90. The third-order valence-electron chi connectivity index (χ3n) is 3.10. The van der Waals surface area contributed by atoms with Gasteiger partial charge in [-0.05, 0) is 37.4 Å². The predicted molar refractivity (Wildman–Crippen MR) is 91.1 cm³/mol. The normalized spacial score (nSPS) is 10.5. The Balaban J connectivity index is 1.85. The minimum absolute atomic E-state index is 0.273. The van der Waals surface area contributed by atoms with Gasteiger partial charge in [-0.15, -0.1) is 0 Å². The fourth-order valence-corrected chi connectivity index (χ4v) is 2.22. The van der Waals surface area contributed by atoms with Crippen LogP contribution in [0, 0.1) is 0 Å². The van der Waals surface area contributed by atoms with E-state index in [1.54, 1.807) is 12.1 Å². The lowest BCUT2D eigenvalue weighted by atomic mass is 10.1. The number of nitrogens with one attached hydrogen (secondary N) is 2. The van der Waals surface area contributed by atoms with Gasteiger partial charge in [-0.25, -0.2) is 4.79 Å². The largest absolute Gasteiger partial charge is 0.334 e. The molecule has 4 nitrogen and oxygen atoms in total. The molecular formula is C17H20ClN3O. The number of hydrogen-bond donors (Lipinski definition) is 2. The minimum Gasteiger partial charge on any atom is -0.334 e. The molecule has 2 aromatic carbocycles.